The molecule has 5 heteroatoms. The number of hydrogen-bond acceptors (Lipinski definition) is 4. The van der Waals surface area contributed by atoms with E-state index in [-0.39, 0.29) is 18.0 Å². The van der Waals surface area contributed by atoms with Crippen LogP contribution in [0.4, 0.5) is 5.69 Å². The molecule has 0 radical (unpaired) electrons. The van der Waals surface area contributed by atoms with Crippen molar-refractivity contribution in [3.8, 4) is 0 Å². The molecule has 0 bridgehead atoms. The van der Waals surface area contributed by atoms with E-state index in [9.17, 15) is 14.9 Å². The maximum absolute atomic E-state index is 11.9. The Morgan fingerprint density at radius 2 is 1.45 bits per heavy atom. The highest BCUT2D eigenvalue weighted by Crippen LogP contribution is 2.25. The third-order valence-electron chi connectivity index (χ3n) is 5.04. The zero-order chi connectivity index (χ0) is 21.2. The predicted molar refractivity (Wildman–Crippen MR) is 118 cm³/mol. The maximum Gasteiger partial charge on any atom is 0.272 e. The monoisotopic (exact) mass is 394 g/mol. The highest BCUT2D eigenvalue weighted by molar-refractivity contribution is 6.21. The van der Waals surface area contributed by atoms with Crippen molar-refractivity contribution in [3.63, 3.8) is 0 Å². The molecular weight excluding hydrogens is 364 g/mol. The fourth-order valence-corrected chi connectivity index (χ4v) is 3.51. The van der Waals surface area contributed by atoms with E-state index in [4.69, 9.17) is 0 Å². The van der Waals surface area contributed by atoms with E-state index in [0.29, 0.717) is 22.4 Å². The number of nitrogens with zero attached hydrogens (tertiary/aromatic N) is 2. The number of carbonyl (C=O) groups is 1. The van der Waals surface area contributed by atoms with Crippen LogP contribution in [-0.4, -0.2) is 23.0 Å². The maximum atomic E-state index is 11.9. The number of benzene rings is 2. The van der Waals surface area contributed by atoms with Crippen LogP contribution in [0.1, 0.15) is 79.4 Å². The number of carbonyl (C=O) groups excluding carboxylic acids is 1. The summed E-state index contributed by atoms with van der Waals surface area (Å²) in [7, 11) is 0. The fourth-order valence-electron chi connectivity index (χ4n) is 3.51. The first-order chi connectivity index (χ1) is 14.1. The third kappa shape index (κ3) is 5.83. The number of nitro groups is 1. The Bertz CT molecular complexity index is 872. The highest BCUT2D eigenvalue weighted by atomic mass is 16.6. The second-order valence-corrected chi connectivity index (χ2v) is 7.01. The van der Waals surface area contributed by atoms with Gasteiger partial charge in [0.05, 0.1) is 10.6 Å². The van der Waals surface area contributed by atoms with Crippen LogP contribution in [0.2, 0.25) is 0 Å². The molecule has 2 aromatic carbocycles. The lowest BCUT2D eigenvalue weighted by molar-refractivity contribution is -0.385. The molecule has 1 fully saturated rings. The molecule has 1 heterocycles. The van der Waals surface area contributed by atoms with Crippen molar-refractivity contribution in [1.82, 2.24) is 0 Å². The van der Waals surface area contributed by atoms with Crippen LogP contribution in [0.3, 0.4) is 0 Å². The van der Waals surface area contributed by atoms with Gasteiger partial charge >= 0.3 is 0 Å². The molecule has 0 amide bonds. The molecule has 0 atom stereocenters. The van der Waals surface area contributed by atoms with Gasteiger partial charge in [0.1, 0.15) is 6.54 Å². The van der Waals surface area contributed by atoms with E-state index in [1.165, 1.54) is 44.6 Å². The van der Waals surface area contributed by atoms with E-state index >= 15 is 0 Å². The van der Waals surface area contributed by atoms with Crippen LogP contribution in [0, 0.1) is 17.0 Å². The summed E-state index contributed by atoms with van der Waals surface area (Å²) in [5, 5.41) is 11.1. The first-order valence-corrected chi connectivity index (χ1v) is 10.5. The van der Waals surface area contributed by atoms with Crippen molar-refractivity contribution < 1.29 is 9.72 Å². The second kappa shape index (κ2) is 11.2. The van der Waals surface area contributed by atoms with Crippen LogP contribution in [0.15, 0.2) is 47.5 Å². The van der Waals surface area contributed by atoms with Gasteiger partial charge in [-0.2, -0.15) is 0 Å². The highest BCUT2D eigenvalue weighted by Gasteiger charge is 2.22. The summed E-state index contributed by atoms with van der Waals surface area (Å²) in [6.45, 7) is 5.77. The number of rotatable bonds is 2. The molecular formula is C24H30N2O3. The molecule has 1 saturated carbocycles. The molecule has 0 N–H and O–H groups in total. The summed E-state index contributed by atoms with van der Waals surface area (Å²) in [4.78, 5) is 26.8. The van der Waals surface area contributed by atoms with E-state index < -0.39 is 4.92 Å². The van der Waals surface area contributed by atoms with Crippen LogP contribution in [0.5, 0.6) is 0 Å². The summed E-state index contributed by atoms with van der Waals surface area (Å²) < 4.78 is 0. The molecule has 1 aliphatic heterocycles. The molecule has 4 rings (SSSR count). The van der Waals surface area contributed by atoms with Gasteiger partial charge in [0.2, 0.25) is 0 Å². The smallest absolute Gasteiger partial charge is 0.272 e. The molecule has 29 heavy (non-hydrogen) atoms. The van der Waals surface area contributed by atoms with Gasteiger partial charge in [0.25, 0.3) is 5.69 Å². The number of ketones is 1. The van der Waals surface area contributed by atoms with Crippen molar-refractivity contribution in [2.45, 2.75) is 59.3 Å². The van der Waals surface area contributed by atoms with Gasteiger partial charge in [0, 0.05) is 28.3 Å². The zero-order valence-electron chi connectivity index (χ0n) is 17.6. The Balaban J connectivity index is 0.000000317. The minimum Gasteiger partial charge on any atom is -0.292 e. The molecule has 154 valence electrons. The van der Waals surface area contributed by atoms with Gasteiger partial charge in [-0.25, -0.2) is 0 Å². The molecule has 2 aromatic rings. The fraction of sp³-hybridized carbons (Fsp3) is 0.417. The molecule has 2 aliphatic rings. The van der Waals surface area contributed by atoms with Crippen LogP contribution in [0.25, 0.3) is 0 Å². The zero-order valence-corrected chi connectivity index (χ0v) is 17.6. The number of nitro benzene ring substituents is 1. The summed E-state index contributed by atoms with van der Waals surface area (Å²) in [5.74, 6) is -0.0315. The molecule has 0 aromatic heterocycles. The first kappa shape index (κ1) is 22.5. The lowest BCUT2D eigenvalue weighted by Gasteiger charge is -2.16. The number of aliphatic imine (C=N–C) groups is 1. The second-order valence-electron chi connectivity index (χ2n) is 7.01. The number of fused-ring (bicyclic) bond motifs is 1. The van der Waals surface area contributed by atoms with E-state index in [2.05, 4.69) is 4.99 Å². The average Bonchev–Trinajstić information content (AvgIpc) is 2.78. The average molecular weight is 395 g/mol. The predicted octanol–water partition coefficient (Wildman–Crippen LogP) is 6.30. The van der Waals surface area contributed by atoms with Crippen LogP contribution in [-0.2, 0) is 0 Å². The Labute approximate surface area is 173 Å². The lowest BCUT2D eigenvalue weighted by atomic mass is 9.92. The topological polar surface area (TPSA) is 72.6 Å². The van der Waals surface area contributed by atoms with Crippen molar-refractivity contribution in [2.75, 3.05) is 6.54 Å². The molecule has 0 spiro atoms. The standard InChI is InChI=1S/C16H12N2O3.C6H12.C2H6/c1-10-6-7-11(8-14(10)18(20)21)16-13-5-3-2-4-12(13)15(19)9-17-16;1-2-4-6-5-3-1;1-2/h2-8H,9H2,1H3;1-6H2;1-2H3. The molecule has 5 nitrogen and oxygen atoms in total. The Morgan fingerprint density at radius 3 is 2.00 bits per heavy atom. The summed E-state index contributed by atoms with van der Waals surface area (Å²) >= 11 is 0. The van der Waals surface area contributed by atoms with E-state index in [0.717, 1.165) is 5.56 Å². The largest absolute Gasteiger partial charge is 0.292 e. The normalized spacial score (nSPS) is 15.0. The van der Waals surface area contributed by atoms with E-state index in [1.54, 1.807) is 31.2 Å². The van der Waals surface area contributed by atoms with Gasteiger partial charge in [-0.05, 0) is 6.92 Å². The molecule has 0 saturated heterocycles. The minimum absolute atomic E-state index is 0.0315. The Morgan fingerprint density at radius 1 is 0.897 bits per heavy atom. The molecule has 1 aliphatic carbocycles. The van der Waals surface area contributed by atoms with Crippen LogP contribution < -0.4 is 0 Å². The molecule has 0 unspecified atom stereocenters. The first-order valence-electron chi connectivity index (χ1n) is 10.5. The number of Topliss-reactive ketones (excluding diaryl/α,β-unsaturated/α-hetero) is 1. The van der Waals surface area contributed by atoms with Gasteiger partial charge in [-0.1, -0.05) is 88.8 Å². The SMILES string of the molecule is C1CCCCC1.CC.Cc1ccc(C2=NCC(=O)c3ccccc32)cc1[N+](=O)[O-]. The Kier molecular flexibility index (Phi) is 8.71. The van der Waals surface area contributed by atoms with Crippen molar-refractivity contribution in [2.24, 2.45) is 4.99 Å². The lowest BCUT2D eigenvalue weighted by Crippen LogP contribution is -2.19. The van der Waals surface area contributed by atoms with Gasteiger partial charge < -0.3 is 0 Å². The Hall–Kier alpha value is -2.82. The van der Waals surface area contributed by atoms with Gasteiger partial charge in [-0.15, -0.1) is 0 Å². The van der Waals surface area contributed by atoms with Gasteiger partial charge in [-0.3, -0.25) is 19.9 Å². The summed E-state index contributed by atoms with van der Waals surface area (Å²) in [6.07, 6.45) is 9.00. The summed E-state index contributed by atoms with van der Waals surface area (Å²) in [5.41, 5.74) is 3.30. The number of aryl methyl sites for hydroxylation is 1. The van der Waals surface area contributed by atoms with Crippen molar-refractivity contribution >= 4 is 17.2 Å². The van der Waals surface area contributed by atoms with Crippen molar-refractivity contribution in [3.05, 3.63) is 74.8 Å². The van der Waals surface area contributed by atoms with Crippen molar-refractivity contribution in [1.29, 1.82) is 0 Å². The number of hydrogen-bond donors (Lipinski definition) is 0. The van der Waals surface area contributed by atoms with E-state index in [1.807, 2.05) is 26.0 Å². The van der Waals surface area contributed by atoms with Crippen LogP contribution >= 0.6 is 0 Å². The minimum atomic E-state index is -0.403. The van der Waals surface area contributed by atoms with Gasteiger partial charge in [0.15, 0.2) is 5.78 Å². The summed E-state index contributed by atoms with van der Waals surface area (Å²) in [6, 6.07) is 12.2. The quantitative estimate of drug-likeness (QED) is 0.443. The third-order valence-corrected chi connectivity index (χ3v) is 5.04.